The van der Waals surface area contributed by atoms with Crippen LogP contribution in [0.4, 0.5) is 0 Å². The molecule has 116 valence electrons. The fourth-order valence-corrected chi connectivity index (χ4v) is 3.88. The molecule has 0 amide bonds. The maximum Gasteiger partial charge on any atom is 0.244 e. The van der Waals surface area contributed by atoms with Crippen LogP contribution in [0.25, 0.3) is 0 Å². The largest absolute Gasteiger partial charge is 0.452 e. The second-order valence-corrected chi connectivity index (χ2v) is 7.01. The highest BCUT2D eigenvalue weighted by atomic mass is 79.9. The molecule has 0 radical (unpaired) electrons. The quantitative estimate of drug-likeness (QED) is 0.752. The van der Waals surface area contributed by atoms with Gasteiger partial charge in [0.15, 0.2) is 4.67 Å². The van der Waals surface area contributed by atoms with Crippen LogP contribution in [0.1, 0.15) is 11.3 Å². The standard InChI is InChI=1S/C12H17BrN4O3S/c1-14-7-10-5-11(12(13)20-10)21(18,19)16-4-3-9-6-15-17(2)8-9/h5-6,8,14,16H,3-4,7H2,1-2H3. The van der Waals surface area contributed by atoms with Gasteiger partial charge in [0.05, 0.1) is 12.7 Å². The lowest BCUT2D eigenvalue weighted by Crippen LogP contribution is -2.25. The van der Waals surface area contributed by atoms with Gasteiger partial charge >= 0.3 is 0 Å². The first kappa shape index (κ1) is 16.2. The number of hydrogen-bond donors (Lipinski definition) is 2. The van der Waals surface area contributed by atoms with Gasteiger partial charge in [-0.25, -0.2) is 13.1 Å². The van der Waals surface area contributed by atoms with Crippen molar-refractivity contribution >= 4 is 26.0 Å². The summed E-state index contributed by atoms with van der Waals surface area (Å²) in [4.78, 5) is 0.110. The Kier molecular flexibility index (Phi) is 5.20. The van der Waals surface area contributed by atoms with Crippen molar-refractivity contribution in [2.24, 2.45) is 7.05 Å². The predicted octanol–water partition coefficient (Wildman–Crippen LogP) is 1.02. The van der Waals surface area contributed by atoms with Crippen molar-refractivity contribution in [1.82, 2.24) is 19.8 Å². The Morgan fingerprint density at radius 2 is 2.24 bits per heavy atom. The Balaban J connectivity index is 2.01. The second-order valence-electron chi connectivity index (χ2n) is 4.55. The van der Waals surface area contributed by atoms with Gasteiger partial charge in [-0.05, 0) is 35.0 Å². The number of aromatic nitrogens is 2. The molecule has 0 aliphatic heterocycles. The monoisotopic (exact) mass is 376 g/mol. The molecular weight excluding hydrogens is 360 g/mol. The van der Waals surface area contributed by atoms with E-state index in [0.717, 1.165) is 5.56 Å². The number of rotatable bonds is 7. The summed E-state index contributed by atoms with van der Waals surface area (Å²) in [5.74, 6) is 0.553. The first-order valence-corrected chi connectivity index (χ1v) is 8.60. The number of halogens is 1. The first-order chi connectivity index (χ1) is 9.92. The smallest absolute Gasteiger partial charge is 0.244 e. The van der Waals surface area contributed by atoms with Crippen LogP contribution in [-0.4, -0.2) is 31.8 Å². The maximum absolute atomic E-state index is 12.2. The molecule has 9 heteroatoms. The normalized spacial score (nSPS) is 12.0. The topological polar surface area (TPSA) is 89.2 Å². The van der Waals surface area contributed by atoms with Gasteiger partial charge in [-0.1, -0.05) is 0 Å². The minimum atomic E-state index is -3.60. The van der Waals surface area contributed by atoms with Crippen molar-refractivity contribution in [1.29, 1.82) is 0 Å². The van der Waals surface area contributed by atoms with Gasteiger partial charge in [0, 0.05) is 25.9 Å². The van der Waals surface area contributed by atoms with Gasteiger partial charge < -0.3 is 9.73 Å². The fraction of sp³-hybridized carbons (Fsp3) is 0.417. The zero-order valence-electron chi connectivity index (χ0n) is 11.8. The van der Waals surface area contributed by atoms with Crippen molar-refractivity contribution in [2.45, 2.75) is 17.9 Å². The highest BCUT2D eigenvalue weighted by molar-refractivity contribution is 9.10. The Labute approximate surface area is 131 Å². The van der Waals surface area contributed by atoms with Gasteiger partial charge in [-0.3, -0.25) is 4.68 Å². The number of nitrogens with zero attached hydrogens (tertiary/aromatic N) is 2. The summed E-state index contributed by atoms with van der Waals surface area (Å²) >= 11 is 3.14. The number of furan rings is 1. The zero-order chi connectivity index (χ0) is 15.5. The zero-order valence-corrected chi connectivity index (χ0v) is 14.2. The number of nitrogens with one attached hydrogen (secondary N) is 2. The van der Waals surface area contributed by atoms with Crippen LogP contribution in [0.15, 0.2) is 32.4 Å². The number of aryl methyl sites for hydroxylation is 1. The number of hydrogen-bond acceptors (Lipinski definition) is 5. The van der Waals surface area contributed by atoms with E-state index in [0.29, 0.717) is 25.3 Å². The van der Waals surface area contributed by atoms with E-state index in [1.165, 1.54) is 6.07 Å². The third-order valence-corrected chi connectivity index (χ3v) is 5.13. The molecule has 2 aromatic heterocycles. The van der Waals surface area contributed by atoms with E-state index >= 15 is 0 Å². The van der Waals surface area contributed by atoms with Gasteiger partial charge in [0.25, 0.3) is 0 Å². The molecule has 2 rings (SSSR count). The lowest BCUT2D eigenvalue weighted by atomic mass is 10.3. The van der Waals surface area contributed by atoms with Crippen LogP contribution in [0.2, 0.25) is 0 Å². The molecule has 2 N–H and O–H groups in total. The highest BCUT2D eigenvalue weighted by Crippen LogP contribution is 2.25. The van der Waals surface area contributed by atoms with E-state index in [9.17, 15) is 8.42 Å². The molecule has 0 atom stereocenters. The third-order valence-electron chi connectivity index (χ3n) is 2.81. The van der Waals surface area contributed by atoms with E-state index in [2.05, 4.69) is 31.1 Å². The molecule has 0 aliphatic rings. The molecule has 0 spiro atoms. The maximum atomic E-state index is 12.2. The van der Waals surface area contributed by atoms with Crippen LogP contribution >= 0.6 is 15.9 Å². The average molecular weight is 377 g/mol. The molecule has 0 saturated heterocycles. The molecule has 0 unspecified atom stereocenters. The molecular formula is C12H17BrN4O3S. The van der Waals surface area contributed by atoms with Gasteiger partial charge in [-0.15, -0.1) is 0 Å². The molecule has 21 heavy (non-hydrogen) atoms. The highest BCUT2D eigenvalue weighted by Gasteiger charge is 2.21. The Hall–Kier alpha value is -1.16. The van der Waals surface area contributed by atoms with Crippen molar-refractivity contribution in [3.8, 4) is 0 Å². The molecule has 0 bridgehead atoms. The van der Waals surface area contributed by atoms with Gasteiger partial charge in [0.2, 0.25) is 10.0 Å². The summed E-state index contributed by atoms with van der Waals surface area (Å²) in [6, 6.07) is 1.51. The summed E-state index contributed by atoms with van der Waals surface area (Å²) in [5.41, 5.74) is 0.974. The van der Waals surface area contributed by atoms with Crippen molar-refractivity contribution in [2.75, 3.05) is 13.6 Å². The Bertz CT molecular complexity index is 708. The van der Waals surface area contributed by atoms with Gasteiger partial charge in [0.1, 0.15) is 10.7 Å². The van der Waals surface area contributed by atoms with E-state index in [4.69, 9.17) is 4.42 Å². The number of sulfonamides is 1. The van der Waals surface area contributed by atoms with E-state index in [-0.39, 0.29) is 9.56 Å². The summed E-state index contributed by atoms with van der Waals surface area (Å²) in [6.45, 7) is 0.761. The van der Waals surface area contributed by atoms with Crippen LogP contribution < -0.4 is 10.0 Å². The summed E-state index contributed by atoms with van der Waals surface area (Å²) < 4.78 is 34.2. The predicted molar refractivity (Wildman–Crippen MR) is 81.3 cm³/mol. The molecule has 0 aromatic carbocycles. The molecule has 0 aliphatic carbocycles. The molecule has 0 fully saturated rings. The molecule has 2 aromatic rings. The minimum Gasteiger partial charge on any atom is -0.452 e. The summed E-state index contributed by atoms with van der Waals surface area (Å²) in [6.07, 6.45) is 4.14. The lowest BCUT2D eigenvalue weighted by molar-refractivity contribution is 0.470. The Morgan fingerprint density at radius 1 is 1.48 bits per heavy atom. The van der Waals surface area contributed by atoms with E-state index in [1.54, 1.807) is 17.9 Å². The van der Waals surface area contributed by atoms with Gasteiger partial charge in [-0.2, -0.15) is 5.10 Å². The van der Waals surface area contributed by atoms with Crippen LogP contribution in [0.5, 0.6) is 0 Å². The summed E-state index contributed by atoms with van der Waals surface area (Å²) in [7, 11) is -0.0177. The second kappa shape index (κ2) is 6.73. The van der Waals surface area contributed by atoms with Crippen LogP contribution in [0, 0.1) is 0 Å². The van der Waals surface area contributed by atoms with Crippen LogP contribution in [0.3, 0.4) is 0 Å². The van der Waals surface area contributed by atoms with Crippen LogP contribution in [-0.2, 0) is 30.0 Å². The fourth-order valence-electron chi connectivity index (χ4n) is 1.85. The Morgan fingerprint density at radius 3 is 2.86 bits per heavy atom. The van der Waals surface area contributed by atoms with Crippen molar-refractivity contribution in [3.63, 3.8) is 0 Å². The van der Waals surface area contributed by atoms with E-state index in [1.807, 2.05) is 13.2 Å². The SMILES string of the molecule is CNCc1cc(S(=O)(=O)NCCc2cnn(C)c2)c(Br)o1. The minimum absolute atomic E-state index is 0.110. The molecule has 0 saturated carbocycles. The van der Waals surface area contributed by atoms with Crippen molar-refractivity contribution < 1.29 is 12.8 Å². The lowest BCUT2D eigenvalue weighted by Gasteiger charge is -2.03. The molecule has 2 heterocycles. The van der Waals surface area contributed by atoms with E-state index < -0.39 is 10.0 Å². The average Bonchev–Trinajstić information content (AvgIpc) is 2.96. The first-order valence-electron chi connectivity index (χ1n) is 6.32. The van der Waals surface area contributed by atoms with Crippen molar-refractivity contribution in [3.05, 3.63) is 34.5 Å². The third kappa shape index (κ3) is 4.16. The molecule has 7 nitrogen and oxygen atoms in total. The summed E-state index contributed by atoms with van der Waals surface area (Å²) in [5, 5.41) is 6.94.